The summed E-state index contributed by atoms with van der Waals surface area (Å²) in [4.78, 5) is 0. The van der Waals surface area contributed by atoms with Gasteiger partial charge in [-0.05, 0) is 35.6 Å². The Bertz CT molecular complexity index is 435. The summed E-state index contributed by atoms with van der Waals surface area (Å²) in [6.07, 6.45) is 1.78. The van der Waals surface area contributed by atoms with E-state index in [1.807, 2.05) is 6.92 Å². The third kappa shape index (κ3) is 3.79. The van der Waals surface area contributed by atoms with Crippen LogP contribution < -0.4 is 0 Å². The van der Waals surface area contributed by atoms with E-state index >= 15 is 0 Å². The molecule has 0 heterocycles. The summed E-state index contributed by atoms with van der Waals surface area (Å²) in [5.74, 6) is 6.03. The van der Waals surface area contributed by atoms with E-state index in [2.05, 4.69) is 56.2 Å². The summed E-state index contributed by atoms with van der Waals surface area (Å²) in [5.41, 5.74) is 4.49. The molecule has 0 nitrogen and oxygen atoms in total. The Labute approximate surface area is 98.7 Å². The fourth-order valence-corrected chi connectivity index (χ4v) is 1.38. The van der Waals surface area contributed by atoms with Crippen molar-refractivity contribution in [1.29, 1.82) is 0 Å². The van der Waals surface area contributed by atoms with Crippen LogP contribution >= 0.6 is 0 Å². The normalized spacial score (nSPS) is 9.12. The second-order valence-corrected chi connectivity index (χ2v) is 3.91. The highest BCUT2D eigenvalue weighted by Gasteiger charge is 1.96. The average Bonchev–Trinajstić information content (AvgIpc) is 2.28. The summed E-state index contributed by atoms with van der Waals surface area (Å²) in [5, 5.41) is 0. The van der Waals surface area contributed by atoms with Crippen molar-refractivity contribution in [2.75, 3.05) is 0 Å². The summed E-state index contributed by atoms with van der Waals surface area (Å²) in [6.45, 7) is 11.9. The molecule has 0 N–H and O–H groups in total. The Balaban J connectivity index is 2.67. The molecule has 0 unspecified atom stereocenters. The highest BCUT2D eigenvalue weighted by Crippen LogP contribution is 2.16. The van der Waals surface area contributed by atoms with E-state index in [1.54, 1.807) is 0 Å². The molecule has 0 fully saturated rings. The second-order valence-electron chi connectivity index (χ2n) is 3.91. The van der Waals surface area contributed by atoms with Crippen LogP contribution in [0, 0.1) is 11.8 Å². The lowest BCUT2D eigenvalue weighted by Gasteiger charge is -2.03. The number of hydrogen-bond donors (Lipinski definition) is 0. The lowest BCUT2D eigenvalue weighted by molar-refractivity contribution is 1.14. The van der Waals surface area contributed by atoms with Crippen molar-refractivity contribution < 1.29 is 0 Å². The molecule has 16 heavy (non-hydrogen) atoms. The zero-order valence-electron chi connectivity index (χ0n) is 10.1. The van der Waals surface area contributed by atoms with Crippen molar-refractivity contribution in [3.05, 3.63) is 54.1 Å². The minimum Gasteiger partial charge on any atom is -0.0943 e. The molecule has 0 spiro atoms. The third-order valence-corrected chi connectivity index (χ3v) is 2.37. The Kier molecular flexibility index (Phi) is 4.61. The van der Waals surface area contributed by atoms with Gasteiger partial charge in [-0.15, -0.1) is 0 Å². The zero-order chi connectivity index (χ0) is 12.0. The highest BCUT2D eigenvalue weighted by molar-refractivity contribution is 5.65. The summed E-state index contributed by atoms with van der Waals surface area (Å²) in [6, 6.07) is 8.52. The van der Waals surface area contributed by atoms with Crippen molar-refractivity contribution in [3.63, 3.8) is 0 Å². The number of benzene rings is 1. The Morgan fingerprint density at radius 3 is 2.31 bits per heavy atom. The van der Waals surface area contributed by atoms with E-state index in [4.69, 9.17) is 0 Å². The molecule has 0 bridgehead atoms. The predicted molar refractivity (Wildman–Crippen MR) is 72.1 cm³/mol. The summed E-state index contributed by atoms with van der Waals surface area (Å²) >= 11 is 0. The van der Waals surface area contributed by atoms with Gasteiger partial charge < -0.3 is 0 Å². The molecule has 82 valence electrons. The number of hydrogen-bond acceptors (Lipinski definition) is 0. The molecule has 0 heteroatoms. The minimum absolute atomic E-state index is 0.707. The topological polar surface area (TPSA) is 0 Å². The van der Waals surface area contributed by atoms with Crippen molar-refractivity contribution in [3.8, 4) is 11.8 Å². The molecule has 1 aromatic carbocycles. The van der Waals surface area contributed by atoms with E-state index < -0.39 is 0 Å². The maximum absolute atomic E-state index is 4.05. The van der Waals surface area contributed by atoms with Crippen LogP contribution in [0.15, 0.2) is 43.0 Å². The molecule has 1 aromatic rings. The van der Waals surface area contributed by atoms with Gasteiger partial charge in [-0.2, -0.15) is 0 Å². The molecular weight excluding hydrogens is 192 g/mol. The minimum atomic E-state index is 0.707. The van der Waals surface area contributed by atoms with Crippen LogP contribution in [0.25, 0.3) is 5.57 Å². The molecule has 0 radical (unpaired) electrons. The SMILES string of the molecule is C=C(C)C#CCC(=C)c1ccc(CC)cc1. The molecule has 0 aliphatic rings. The summed E-state index contributed by atoms with van der Waals surface area (Å²) in [7, 11) is 0. The van der Waals surface area contributed by atoms with Gasteiger partial charge >= 0.3 is 0 Å². The van der Waals surface area contributed by atoms with Gasteiger partial charge in [-0.25, -0.2) is 0 Å². The van der Waals surface area contributed by atoms with Crippen molar-refractivity contribution in [2.45, 2.75) is 26.7 Å². The molecule has 0 atom stereocenters. The van der Waals surface area contributed by atoms with E-state index in [-0.39, 0.29) is 0 Å². The molecule has 0 aromatic heterocycles. The van der Waals surface area contributed by atoms with Crippen LogP contribution in [0.4, 0.5) is 0 Å². The van der Waals surface area contributed by atoms with Crippen LogP contribution in [0.1, 0.15) is 31.4 Å². The fraction of sp³-hybridized carbons (Fsp3) is 0.250. The van der Waals surface area contributed by atoms with Gasteiger partial charge in [0.1, 0.15) is 0 Å². The van der Waals surface area contributed by atoms with Crippen LogP contribution in [0.5, 0.6) is 0 Å². The van der Waals surface area contributed by atoms with E-state index in [9.17, 15) is 0 Å². The van der Waals surface area contributed by atoms with Crippen molar-refractivity contribution in [1.82, 2.24) is 0 Å². The van der Waals surface area contributed by atoms with Crippen molar-refractivity contribution in [2.24, 2.45) is 0 Å². The Hall–Kier alpha value is -1.74. The lowest BCUT2D eigenvalue weighted by atomic mass is 10.0. The molecule has 0 saturated heterocycles. The number of aryl methyl sites for hydroxylation is 1. The Morgan fingerprint density at radius 2 is 1.81 bits per heavy atom. The first kappa shape index (κ1) is 12.3. The second kappa shape index (κ2) is 5.98. The largest absolute Gasteiger partial charge is 0.0943 e. The summed E-state index contributed by atoms with van der Waals surface area (Å²) < 4.78 is 0. The van der Waals surface area contributed by atoms with Crippen LogP contribution in [0.3, 0.4) is 0 Å². The quantitative estimate of drug-likeness (QED) is 0.655. The number of rotatable bonds is 3. The van der Waals surface area contributed by atoms with Crippen LogP contribution in [0.2, 0.25) is 0 Å². The maximum Gasteiger partial charge on any atom is 0.0344 e. The fourth-order valence-electron chi connectivity index (χ4n) is 1.38. The highest BCUT2D eigenvalue weighted by atomic mass is 14.0. The molecule has 1 rings (SSSR count). The smallest absolute Gasteiger partial charge is 0.0344 e. The standard InChI is InChI=1S/C16H18/c1-5-15-9-11-16(12-10-15)14(4)8-6-7-13(2)3/h9-12H,2,4-5,8H2,1,3H3. The van der Waals surface area contributed by atoms with E-state index in [1.165, 1.54) is 11.1 Å². The van der Waals surface area contributed by atoms with Gasteiger partial charge in [-0.1, -0.05) is 56.2 Å². The van der Waals surface area contributed by atoms with E-state index in [0.29, 0.717) is 6.42 Å². The average molecular weight is 210 g/mol. The first-order valence-electron chi connectivity index (χ1n) is 5.55. The van der Waals surface area contributed by atoms with Gasteiger partial charge in [0.25, 0.3) is 0 Å². The molecule has 0 aliphatic carbocycles. The predicted octanol–water partition coefficient (Wildman–Crippen LogP) is 4.23. The molecule has 0 amide bonds. The van der Waals surface area contributed by atoms with Crippen molar-refractivity contribution >= 4 is 5.57 Å². The first-order chi connectivity index (χ1) is 7.63. The maximum atomic E-state index is 4.05. The van der Waals surface area contributed by atoms with Crippen LogP contribution in [-0.2, 0) is 6.42 Å². The zero-order valence-corrected chi connectivity index (χ0v) is 10.1. The molecule has 0 aliphatic heterocycles. The van der Waals surface area contributed by atoms with E-state index in [0.717, 1.165) is 17.6 Å². The van der Waals surface area contributed by atoms with Gasteiger partial charge in [0.05, 0.1) is 0 Å². The Morgan fingerprint density at radius 1 is 1.19 bits per heavy atom. The molecule has 0 saturated carbocycles. The van der Waals surface area contributed by atoms with Gasteiger partial charge in [0, 0.05) is 6.42 Å². The number of allylic oxidation sites excluding steroid dienone is 2. The third-order valence-electron chi connectivity index (χ3n) is 2.37. The van der Waals surface area contributed by atoms with Crippen LogP contribution in [-0.4, -0.2) is 0 Å². The van der Waals surface area contributed by atoms with Gasteiger partial charge in [-0.3, -0.25) is 0 Å². The van der Waals surface area contributed by atoms with Gasteiger partial charge in [0.15, 0.2) is 0 Å². The monoisotopic (exact) mass is 210 g/mol. The first-order valence-corrected chi connectivity index (χ1v) is 5.55. The van der Waals surface area contributed by atoms with Gasteiger partial charge in [0.2, 0.25) is 0 Å². The molecular formula is C16H18. The lowest BCUT2D eigenvalue weighted by Crippen LogP contribution is -1.84.